The van der Waals surface area contributed by atoms with Crippen LogP contribution in [0.15, 0.2) is 0 Å². The van der Waals surface area contributed by atoms with E-state index in [1.807, 2.05) is 0 Å². The van der Waals surface area contributed by atoms with Crippen LogP contribution in [0.5, 0.6) is 0 Å². The second-order valence-electron chi connectivity index (χ2n) is 6.51. The summed E-state index contributed by atoms with van der Waals surface area (Å²) in [5.41, 5.74) is 0. The van der Waals surface area contributed by atoms with Gasteiger partial charge >= 0.3 is 0 Å². The van der Waals surface area contributed by atoms with Crippen molar-refractivity contribution < 1.29 is 8.42 Å². The van der Waals surface area contributed by atoms with Gasteiger partial charge in [0.25, 0.3) is 0 Å². The van der Waals surface area contributed by atoms with Crippen LogP contribution in [0, 0.1) is 5.92 Å². The van der Waals surface area contributed by atoms with Crippen LogP contribution in [0.2, 0.25) is 0 Å². The number of sulfonamides is 1. The third kappa shape index (κ3) is 4.55. The topological polar surface area (TPSA) is 52.7 Å². The monoisotopic (exact) mass is 337 g/mol. The van der Waals surface area contributed by atoms with Crippen molar-refractivity contribution in [2.75, 3.05) is 45.8 Å². The molecule has 0 aromatic carbocycles. The first-order chi connectivity index (χ1) is 9.66. The van der Waals surface area contributed by atoms with E-state index in [-0.39, 0.29) is 17.7 Å². The van der Waals surface area contributed by atoms with E-state index in [1.54, 1.807) is 4.31 Å². The van der Waals surface area contributed by atoms with Gasteiger partial charge in [-0.1, -0.05) is 0 Å². The van der Waals surface area contributed by atoms with E-state index in [9.17, 15) is 8.42 Å². The number of piperidine rings is 1. The highest BCUT2D eigenvalue weighted by atomic mass is 35.5. The van der Waals surface area contributed by atoms with Crippen molar-refractivity contribution >= 4 is 22.4 Å². The van der Waals surface area contributed by atoms with Gasteiger partial charge in [0.1, 0.15) is 0 Å². The molecule has 21 heavy (non-hydrogen) atoms. The van der Waals surface area contributed by atoms with Crippen LogP contribution in [0.3, 0.4) is 0 Å². The Bertz CT molecular complexity index is 422. The van der Waals surface area contributed by atoms with Crippen LogP contribution < -0.4 is 5.32 Å². The molecular weight excluding hydrogens is 310 g/mol. The summed E-state index contributed by atoms with van der Waals surface area (Å²) >= 11 is 0. The molecule has 5 nitrogen and oxygen atoms in total. The molecule has 0 spiro atoms. The maximum atomic E-state index is 12.3. The van der Waals surface area contributed by atoms with E-state index in [0.29, 0.717) is 6.54 Å². The maximum Gasteiger partial charge on any atom is 0.217 e. The first-order valence-electron chi connectivity index (χ1n) is 8.08. The van der Waals surface area contributed by atoms with Gasteiger partial charge < -0.3 is 10.2 Å². The Hall–Kier alpha value is 0.120. The molecule has 0 aromatic rings. The summed E-state index contributed by atoms with van der Waals surface area (Å²) in [5.74, 6) is 0.746. The molecule has 1 saturated carbocycles. The molecule has 7 heteroatoms. The first kappa shape index (κ1) is 17.5. The van der Waals surface area contributed by atoms with Crippen LogP contribution >= 0.6 is 12.4 Å². The molecule has 1 unspecified atom stereocenters. The Labute approximate surface area is 134 Å². The van der Waals surface area contributed by atoms with Crippen LogP contribution in [-0.2, 0) is 10.0 Å². The molecule has 2 aliphatic heterocycles. The van der Waals surface area contributed by atoms with Crippen molar-refractivity contribution in [2.45, 2.75) is 37.4 Å². The molecule has 0 radical (unpaired) electrons. The Kier molecular flexibility index (Phi) is 6.32. The summed E-state index contributed by atoms with van der Waals surface area (Å²) in [7, 11) is -2.97. The first-order valence-corrected chi connectivity index (χ1v) is 9.58. The van der Waals surface area contributed by atoms with Gasteiger partial charge in [0, 0.05) is 26.2 Å². The largest absolute Gasteiger partial charge is 0.316 e. The fraction of sp³-hybridized carbons (Fsp3) is 1.00. The third-order valence-electron chi connectivity index (χ3n) is 4.77. The minimum Gasteiger partial charge on any atom is -0.316 e. The number of nitrogens with one attached hydrogen (secondary N) is 1. The van der Waals surface area contributed by atoms with Crippen molar-refractivity contribution in [1.82, 2.24) is 14.5 Å². The molecule has 1 aliphatic carbocycles. The Balaban J connectivity index is 0.00000161. The lowest BCUT2D eigenvalue weighted by molar-refractivity contribution is 0.216. The molecular formula is C14H28ClN3O2S. The van der Waals surface area contributed by atoms with E-state index in [2.05, 4.69) is 10.2 Å². The molecule has 0 amide bonds. The van der Waals surface area contributed by atoms with Gasteiger partial charge in [0.15, 0.2) is 0 Å². The van der Waals surface area contributed by atoms with E-state index in [1.165, 1.54) is 12.8 Å². The van der Waals surface area contributed by atoms with Crippen LogP contribution in [-0.4, -0.2) is 68.7 Å². The van der Waals surface area contributed by atoms with E-state index < -0.39 is 10.0 Å². The third-order valence-corrected chi connectivity index (χ3v) is 7.17. The van der Waals surface area contributed by atoms with Crippen molar-refractivity contribution in [3.8, 4) is 0 Å². The fourth-order valence-electron chi connectivity index (χ4n) is 3.41. The average Bonchev–Trinajstić information content (AvgIpc) is 3.27. The molecule has 1 N–H and O–H groups in total. The Morgan fingerprint density at radius 1 is 1.00 bits per heavy atom. The minimum atomic E-state index is -2.97. The van der Waals surface area contributed by atoms with Gasteiger partial charge in [-0.3, -0.25) is 0 Å². The molecule has 3 aliphatic rings. The van der Waals surface area contributed by atoms with Gasteiger partial charge in [-0.2, -0.15) is 0 Å². The van der Waals surface area contributed by atoms with Gasteiger partial charge in [-0.05, 0) is 57.7 Å². The molecule has 0 aromatic heterocycles. The highest BCUT2D eigenvalue weighted by Crippen LogP contribution is 2.31. The highest BCUT2D eigenvalue weighted by molar-refractivity contribution is 7.90. The van der Waals surface area contributed by atoms with E-state index >= 15 is 0 Å². The van der Waals surface area contributed by atoms with Crippen molar-refractivity contribution in [3.05, 3.63) is 0 Å². The number of rotatable bonds is 4. The van der Waals surface area contributed by atoms with Gasteiger partial charge in [0.05, 0.1) is 5.25 Å². The fourth-order valence-corrected chi connectivity index (χ4v) is 5.28. The van der Waals surface area contributed by atoms with Gasteiger partial charge in [0.2, 0.25) is 10.0 Å². The minimum absolute atomic E-state index is 0. The lowest BCUT2D eigenvalue weighted by Crippen LogP contribution is -2.40. The number of nitrogens with zero attached hydrogens (tertiary/aromatic N) is 2. The number of halogens is 1. The average molecular weight is 338 g/mol. The summed E-state index contributed by atoms with van der Waals surface area (Å²) in [6.07, 6.45) is 5.31. The highest BCUT2D eigenvalue weighted by Gasteiger charge is 2.40. The maximum absolute atomic E-state index is 12.3. The summed E-state index contributed by atoms with van der Waals surface area (Å²) in [4.78, 5) is 2.47. The molecule has 3 fully saturated rings. The molecule has 1 atom stereocenters. The summed E-state index contributed by atoms with van der Waals surface area (Å²) in [6, 6.07) is 0. The van der Waals surface area contributed by atoms with Gasteiger partial charge in [-0.25, -0.2) is 12.7 Å². The smallest absolute Gasteiger partial charge is 0.217 e. The molecule has 124 valence electrons. The standard InChI is InChI=1S/C14H27N3O2S.ClH/c18-20(19,14-4-5-14)17-8-2-7-16(9-10-17)12-13-3-1-6-15-11-13;/h13-15H,1-12H2;1H. The molecule has 3 rings (SSSR count). The van der Waals surface area contributed by atoms with Gasteiger partial charge in [-0.15, -0.1) is 12.4 Å². The number of hydrogen-bond donors (Lipinski definition) is 1. The summed E-state index contributed by atoms with van der Waals surface area (Å²) in [5, 5.41) is 3.40. The molecule has 2 saturated heterocycles. The lowest BCUT2D eigenvalue weighted by Gasteiger charge is -2.29. The number of hydrogen-bond acceptors (Lipinski definition) is 4. The van der Waals surface area contributed by atoms with Crippen molar-refractivity contribution in [3.63, 3.8) is 0 Å². The van der Waals surface area contributed by atoms with Crippen molar-refractivity contribution in [1.29, 1.82) is 0 Å². The lowest BCUT2D eigenvalue weighted by atomic mass is 9.99. The second-order valence-corrected chi connectivity index (χ2v) is 8.72. The van der Waals surface area contributed by atoms with Crippen LogP contribution in [0.25, 0.3) is 0 Å². The normalized spacial score (nSPS) is 29.6. The Morgan fingerprint density at radius 3 is 2.48 bits per heavy atom. The SMILES string of the molecule is Cl.O=S(=O)(C1CC1)N1CCCN(CC2CCCNC2)CC1. The zero-order valence-corrected chi connectivity index (χ0v) is 14.3. The Morgan fingerprint density at radius 2 is 1.81 bits per heavy atom. The summed E-state index contributed by atoms with van der Waals surface area (Å²) < 4.78 is 26.3. The predicted octanol–water partition coefficient (Wildman–Crippen LogP) is 0.908. The molecule has 0 bridgehead atoms. The van der Waals surface area contributed by atoms with Crippen LogP contribution in [0.4, 0.5) is 0 Å². The van der Waals surface area contributed by atoms with Crippen LogP contribution in [0.1, 0.15) is 32.1 Å². The summed E-state index contributed by atoms with van der Waals surface area (Å²) in [6.45, 7) is 6.78. The molecule has 2 heterocycles. The van der Waals surface area contributed by atoms with E-state index in [4.69, 9.17) is 0 Å². The zero-order chi connectivity index (χ0) is 14.0. The van der Waals surface area contributed by atoms with E-state index in [0.717, 1.165) is 64.4 Å². The van der Waals surface area contributed by atoms with Crippen molar-refractivity contribution in [2.24, 2.45) is 5.92 Å². The zero-order valence-electron chi connectivity index (χ0n) is 12.7. The predicted molar refractivity (Wildman–Crippen MR) is 87.4 cm³/mol. The quantitative estimate of drug-likeness (QED) is 0.828. The second kappa shape index (κ2) is 7.59.